The first-order chi connectivity index (χ1) is 11.2. The molecule has 1 aromatic carbocycles. The van der Waals surface area contributed by atoms with Gasteiger partial charge in [-0.15, -0.1) is 0 Å². The molecule has 0 heterocycles. The Kier molecular flexibility index (Phi) is 11.0. The van der Waals surface area contributed by atoms with Gasteiger partial charge in [0.1, 0.15) is 0 Å². The minimum absolute atomic E-state index is 0.313. The molecule has 1 atom stereocenters. The number of carboxylic acid groups (broad SMARTS) is 1. The SMILES string of the molecule is CCCCCCCCC(CCCCOC(=O)O)c1ccccc1. The fraction of sp³-hybridized carbons (Fsp3) is 0.650. The molecule has 0 aliphatic heterocycles. The van der Waals surface area contributed by atoms with E-state index in [1.807, 2.05) is 0 Å². The first-order valence-corrected chi connectivity index (χ1v) is 9.14. The van der Waals surface area contributed by atoms with E-state index in [0.29, 0.717) is 12.5 Å². The summed E-state index contributed by atoms with van der Waals surface area (Å²) < 4.78 is 4.58. The van der Waals surface area contributed by atoms with Crippen molar-refractivity contribution in [3.8, 4) is 0 Å². The van der Waals surface area contributed by atoms with Crippen molar-refractivity contribution in [1.29, 1.82) is 0 Å². The van der Waals surface area contributed by atoms with Crippen LogP contribution >= 0.6 is 0 Å². The molecule has 1 aromatic rings. The molecule has 3 nitrogen and oxygen atoms in total. The Morgan fingerprint density at radius 2 is 1.57 bits per heavy atom. The maximum atomic E-state index is 10.3. The average Bonchev–Trinajstić information content (AvgIpc) is 2.56. The van der Waals surface area contributed by atoms with Gasteiger partial charge < -0.3 is 9.84 Å². The number of unbranched alkanes of at least 4 members (excludes halogenated alkanes) is 6. The van der Waals surface area contributed by atoms with E-state index in [0.717, 1.165) is 19.3 Å². The van der Waals surface area contributed by atoms with Crippen LogP contribution in [-0.2, 0) is 4.74 Å². The van der Waals surface area contributed by atoms with E-state index in [1.54, 1.807) is 0 Å². The van der Waals surface area contributed by atoms with Gasteiger partial charge >= 0.3 is 6.16 Å². The maximum Gasteiger partial charge on any atom is 0.505 e. The maximum absolute atomic E-state index is 10.3. The fourth-order valence-corrected chi connectivity index (χ4v) is 3.03. The van der Waals surface area contributed by atoms with Crippen molar-refractivity contribution in [2.24, 2.45) is 0 Å². The Bertz CT molecular complexity index is 403. The van der Waals surface area contributed by atoms with E-state index >= 15 is 0 Å². The fourth-order valence-electron chi connectivity index (χ4n) is 3.03. The number of ether oxygens (including phenoxy) is 1. The molecule has 0 aromatic heterocycles. The Hall–Kier alpha value is -1.51. The van der Waals surface area contributed by atoms with Crippen LogP contribution in [0.2, 0.25) is 0 Å². The molecule has 0 amide bonds. The third kappa shape index (κ3) is 9.98. The summed E-state index contributed by atoms with van der Waals surface area (Å²) in [5.74, 6) is 0.590. The number of rotatable bonds is 13. The van der Waals surface area contributed by atoms with Gasteiger partial charge in [0.15, 0.2) is 0 Å². The predicted octanol–water partition coefficient (Wildman–Crippen LogP) is 6.39. The third-order valence-electron chi connectivity index (χ3n) is 4.35. The summed E-state index contributed by atoms with van der Waals surface area (Å²) in [7, 11) is 0. The lowest BCUT2D eigenvalue weighted by Crippen LogP contribution is -2.04. The monoisotopic (exact) mass is 320 g/mol. The summed E-state index contributed by atoms with van der Waals surface area (Å²) in [6.07, 6.45) is 11.0. The smallest absolute Gasteiger partial charge is 0.450 e. The second kappa shape index (κ2) is 13.0. The van der Waals surface area contributed by atoms with E-state index in [-0.39, 0.29) is 0 Å². The Morgan fingerprint density at radius 3 is 2.22 bits per heavy atom. The van der Waals surface area contributed by atoms with Crippen LogP contribution in [0.25, 0.3) is 0 Å². The van der Waals surface area contributed by atoms with Crippen molar-refractivity contribution in [3.05, 3.63) is 35.9 Å². The Labute approximate surface area is 141 Å². The normalized spacial score (nSPS) is 12.0. The van der Waals surface area contributed by atoms with E-state index < -0.39 is 6.16 Å². The molecule has 0 aliphatic rings. The summed E-state index contributed by atoms with van der Waals surface area (Å²) in [5.41, 5.74) is 1.42. The van der Waals surface area contributed by atoms with Gasteiger partial charge in [-0.2, -0.15) is 0 Å². The number of benzene rings is 1. The summed E-state index contributed by atoms with van der Waals surface area (Å²) in [6.45, 7) is 2.56. The van der Waals surface area contributed by atoms with Crippen molar-refractivity contribution >= 4 is 6.16 Å². The Balaban J connectivity index is 2.30. The van der Waals surface area contributed by atoms with Gasteiger partial charge in [0.05, 0.1) is 6.61 Å². The van der Waals surface area contributed by atoms with Gasteiger partial charge in [0.2, 0.25) is 0 Å². The molecule has 0 bridgehead atoms. The lowest BCUT2D eigenvalue weighted by molar-refractivity contribution is 0.0898. The first-order valence-electron chi connectivity index (χ1n) is 9.14. The van der Waals surface area contributed by atoms with E-state index in [9.17, 15) is 4.79 Å². The second-order valence-corrected chi connectivity index (χ2v) is 6.27. The van der Waals surface area contributed by atoms with Crippen molar-refractivity contribution in [2.45, 2.75) is 77.0 Å². The standard InChI is InChI=1S/C20H32O3/c1-2-3-4-5-6-8-13-19(18-14-9-7-10-15-18)16-11-12-17-23-20(21)22/h7,9-10,14-15,19H,2-6,8,11-13,16-17H2,1H3,(H,21,22). The third-order valence-corrected chi connectivity index (χ3v) is 4.35. The van der Waals surface area contributed by atoms with Crippen molar-refractivity contribution in [3.63, 3.8) is 0 Å². The van der Waals surface area contributed by atoms with Crippen LogP contribution in [0.15, 0.2) is 30.3 Å². The zero-order chi connectivity index (χ0) is 16.8. The van der Waals surface area contributed by atoms with Crippen LogP contribution in [0.4, 0.5) is 4.79 Å². The predicted molar refractivity (Wildman–Crippen MR) is 95.0 cm³/mol. The number of hydrogen-bond acceptors (Lipinski definition) is 2. The van der Waals surface area contributed by atoms with Gasteiger partial charge in [-0.1, -0.05) is 75.8 Å². The van der Waals surface area contributed by atoms with Gasteiger partial charge in [-0.05, 0) is 37.2 Å². The van der Waals surface area contributed by atoms with Crippen LogP contribution in [-0.4, -0.2) is 17.9 Å². The summed E-state index contributed by atoms with van der Waals surface area (Å²) >= 11 is 0. The van der Waals surface area contributed by atoms with Crippen molar-refractivity contribution in [1.82, 2.24) is 0 Å². The zero-order valence-corrected chi connectivity index (χ0v) is 14.5. The van der Waals surface area contributed by atoms with Crippen LogP contribution in [0.5, 0.6) is 0 Å². The number of hydrogen-bond donors (Lipinski definition) is 1. The van der Waals surface area contributed by atoms with Gasteiger partial charge in [-0.3, -0.25) is 0 Å². The molecule has 130 valence electrons. The molecule has 23 heavy (non-hydrogen) atoms. The zero-order valence-electron chi connectivity index (χ0n) is 14.5. The topological polar surface area (TPSA) is 46.5 Å². The molecule has 0 spiro atoms. The molecular formula is C20H32O3. The molecule has 0 aliphatic carbocycles. The minimum atomic E-state index is -1.17. The lowest BCUT2D eigenvalue weighted by Gasteiger charge is -2.17. The van der Waals surface area contributed by atoms with Gasteiger partial charge in [0, 0.05) is 0 Å². The summed E-state index contributed by atoms with van der Waals surface area (Å²) in [4.78, 5) is 10.3. The molecule has 0 fully saturated rings. The van der Waals surface area contributed by atoms with Gasteiger partial charge in [0.25, 0.3) is 0 Å². The van der Waals surface area contributed by atoms with E-state index in [2.05, 4.69) is 42.0 Å². The van der Waals surface area contributed by atoms with Crippen LogP contribution < -0.4 is 0 Å². The largest absolute Gasteiger partial charge is 0.505 e. The Morgan fingerprint density at radius 1 is 0.957 bits per heavy atom. The molecular weight excluding hydrogens is 288 g/mol. The highest BCUT2D eigenvalue weighted by atomic mass is 16.7. The molecule has 1 rings (SSSR count). The molecule has 0 radical (unpaired) electrons. The molecule has 1 unspecified atom stereocenters. The van der Waals surface area contributed by atoms with Crippen molar-refractivity contribution in [2.75, 3.05) is 6.61 Å². The highest BCUT2D eigenvalue weighted by molar-refractivity contribution is 5.56. The molecule has 3 heteroatoms. The van der Waals surface area contributed by atoms with Crippen molar-refractivity contribution < 1.29 is 14.6 Å². The lowest BCUT2D eigenvalue weighted by atomic mass is 9.88. The summed E-state index contributed by atoms with van der Waals surface area (Å²) in [6, 6.07) is 10.7. The molecule has 1 N–H and O–H groups in total. The van der Waals surface area contributed by atoms with Crippen LogP contribution in [0.1, 0.15) is 82.6 Å². The van der Waals surface area contributed by atoms with E-state index in [1.165, 1.54) is 50.5 Å². The van der Waals surface area contributed by atoms with Crippen LogP contribution in [0.3, 0.4) is 0 Å². The quantitative estimate of drug-likeness (QED) is 0.338. The molecule has 0 saturated heterocycles. The first kappa shape index (κ1) is 19.5. The highest BCUT2D eigenvalue weighted by Crippen LogP contribution is 2.28. The number of carbonyl (C=O) groups is 1. The average molecular weight is 320 g/mol. The second-order valence-electron chi connectivity index (χ2n) is 6.27. The van der Waals surface area contributed by atoms with Crippen LogP contribution in [0, 0.1) is 0 Å². The highest BCUT2D eigenvalue weighted by Gasteiger charge is 2.11. The van der Waals surface area contributed by atoms with Gasteiger partial charge in [-0.25, -0.2) is 4.79 Å². The minimum Gasteiger partial charge on any atom is -0.450 e. The summed E-state index contributed by atoms with van der Waals surface area (Å²) in [5, 5.41) is 8.48. The molecule has 0 saturated carbocycles. The van der Waals surface area contributed by atoms with E-state index in [4.69, 9.17) is 5.11 Å².